The average Bonchev–Trinajstić information content (AvgIpc) is 3.18. The first-order chi connectivity index (χ1) is 13.2. The lowest BCUT2D eigenvalue weighted by molar-refractivity contribution is -0.138. The molecule has 1 aliphatic rings. The minimum absolute atomic E-state index is 0.0620. The molecule has 6 nitrogen and oxygen atoms in total. The van der Waals surface area contributed by atoms with Crippen molar-refractivity contribution in [2.24, 2.45) is 0 Å². The van der Waals surface area contributed by atoms with E-state index in [1.807, 2.05) is 36.4 Å². The Morgan fingerprint density at radius 2 is 1.48 bits per heavy atom. The summed E-state index contributed by atoms with van der Waals surface area (Å²) in [5.41, 5.74) is 4.54. The second kappa shape index (κ2) is 6.16. The number of amides is 2. The van der Waals surface area contributed by atoms with Crippen molar-refractivity contribution in [1.29, 1.82) is 0 Å². The molecule has 2 aromatic heterocycles. The van der Waals surface area contributed by atoms with Crippen molar-refractivity contribution >= 4 is 44.9 Å². The van der Waals surface area contributed by atoms with E-state index in [-0.39, 0.29) is 11.8 Å². The molecular weight excluding hydrogens is 340 g/mol. The van der Waals surface area contributed by atoms with Gasteiger partial charge in [0.1, 0.15) is 5.52 Å². The number of carbonyl (C=O) groups excluding carboxylic acids is 2. The largest absolute Gasteiger partial charge is 0.324 e. The summed E-state index contributed by atoms with van der Waals surface area (Å²) in [6.45, 7) is 1.13. The molecule has 0 atom stereocenters. The summed E-state index contributed by atoms with van der Waals surface area (Å²) in [6, 6.07) is 16.0. The van der Waals surface area contributed by atoms with Crippen LogP contribution >= 0.6 is 0 Å². The number of rotatable bonds is 4. The van der Waals surface area contributed by atoms with Crippen LogP contribution in [0.25, 0.3) is 33.1 Å². The molecule has 0 radical (unpaired) electrons. The molecule has 1 fully saturated rings. The number of imide groups is 1. The molecule has 134 valence electrons. The zero-order chi connectivity index (χ0) is 18.4. The summed E-state index contributed by atoms with van der Waals surface area (Å²) < 4.78 is 2.15. The lowest BCUT2D eigenvalue weighted by atomic mass is 10.2. The van der Waals surface area contributed by atoms with Crippen LogP contribution in [0.1, 0.15) is 19.3 Å². The quantitative estimate of drug-likeness (QED) is 0.525. The van der Waals surface area contributed by atoms with Gasteiger partial charge in [-0.2, -0.15) is 0 Å². The van der Waals surface area contributed by atoms with Crippen LogP contribution < -0.4 is 0 Å². The number of nitrogens with zero attached hydrogens (tertiary/aromatic N) is 4. The second-order valence-electron chi connectivity index (χ2n) is 6.85. The third-order valence-electron chi connectivity index (χ3n) is 5.18. The number of aryl methyl sites for hydroxylation is 1. The van der Waals surface area contributed by atoms with Crippen molar-refractivity contribution in [3.8, 4) is 0 Å². The molecule has 2 aromatic carbocycles. The summed E-state index contributed by atoms with van der Waals surface area (Å²) >= 11 is 0. The molecule has 2 amide bonds. The fraction of sp³-hybridized carbons (Fsp3) is 0.238. The van der Waals surface area contributed by atoms with Crippen LogP contribution in [0.5, 0.6) is 0 Å². The Bertz CT molecular complexity index is 1190. The zero-order valence-corrected chi connectivity index (χ0v) is 14.8. The first-order valence-corrected chi connectivity index (χ1v) is 9.19. The summed E-state index contributed by atoms with van der Waals surface area (Å²) in [5, 5.41) is 1.07. The zero-order valence-electron chi connectivity index (χ0n) is 14.8. The number of likely N-dealkylation sites (tertiary alicyclic amines) is 1. The Morgan fingerprint density at radius 1 is 0.815 bits per heavy atom. The van der Waals surface area contributed by atoms with Crippen LogP contribution in [0.3, 0.4) is 0 Å². The molecule has 0 spiro atoms. The highest BCUT2D eigenvalue weighted by molar-refractivity contribution is 6.06. The van der Waals surface area contributed by atoms with E-state index in [1.54, 1.807) is 0 Å². The van der Waals surface area contributed by atoms with Gasteiger partial charge in [0.2, 0.25) is 11.8 Å². The van der Waals surface area contributed by atoms with Gasteiger partial charge in [0.05, 0.1) is 16.6 Å². The van der Waals surface area contributed by atoms with E-state index in [0.29, 0.717) is 32.4 Å². The number of para-hydroxylation sites is 3. The Morgan fingerprint density at radius 3 is 2.26 bits per heavy atom. The number of aromatic nitrogens is 3. The van der Waals surface area contributed by atoms with Gasteiger partial charge in [-0.15, -0.1) is 0 Å². The van der Waals surface area contributed by atoms with Crippen molar-refractivity contribution in [3.63, 3.8) is 0 Å². The predicted octanol–water partition coefficient (Wildman–Crippen LogP) is 3.28. The number of carbonyl (C=O) groups is 2. The molecule has 0 aliphatic carbocycles. The molecular formula is C21H18N4O2. The van der Waals surface area contributed by atoms with E-state index in [9.17, 15) is 9.59 Å². The molecule has 4 aromatic rings. The molecule has 0 saturated carbocycles. The topological polar surface area (TPSA) is 68.1 Å². The van der Waals surface area contributed by atoms with Crippen molar-refractivity contribution in [3.05, 3.63) is 48.5 Å². The standard InChI is InChI=1S/C21H18N4O2/c26-18-10-11-19(27)25(18)13-5-12-24-17-9-4-1-6-14(17)20-21(24)23-16-8-3-2-7-15(16)22-20/h1-4,6-9H,5,10-13H2. The van der Waals surface area contributed by atoms with Gasteiger partial charge in [-0.1, -0.05) is 30.3 Å². The molecule has 0 bridgehead atoms. The first-order valence-electron chi connectivity index (χ1n) is 9.19. The van der Waals surface area contributed by atoms with Gasteiger partial charge in [-0.05, 0) is 24.6 Å². The maximum Gasteiger partial charge on any atom is 0.229 e. The van der Waals surface area contributed by atoms with Crippen molar-refractivity contribution < 1.29 is 9.59 Å². The summed E-state index contributed by atoms with van der Waals surface area (Å²) in [7, 11) is 0. The maximum absolute atomic E-state index is 11.8. The Balaban J connectivity index is 1.56. The molecule has 1 saturated heterocycles. The fourth-order valence-corrected chi connectivity index (χ4v) is 3.87. The van der Waals surface area contributed by atoms with Crippen LogP contribution in [0.4, 0.5) is 0 Å². The Hall–Kier alpha value is -3.28. The van der Waals surface area contributed by atoms with E-state index in [0.717, 1.165) is 33.1 Å². The van der Waals surface area contributed by atoms with Gasteiger partial charge < -0.3 is 4.57 Å². The molecule has 6 heteroatoms. The molecule has 27 heavy (non-hydrogen) atoms. The summed E-state index contributed by atoms with van der Waals surface area (Å²) in [6.07, 6.45) is 1.37. The molecule has 1 aliphatic heterocycles. The van der Waals surface area contributed by atoms with Crippen LogP contribution in [0.15, 0.2) is 48.5 Å². The smallest absolute Gasteiger partial charge is 0.229 e. The van der Waals surface area contributed by atoms with Crippen LogP contribution in [-0.4, -0.2) is 37.8 Å². The molecule has 3 heterocycles. The lowest BCUT2D eigenvalue weighted by Gasteiger charge is -2.14. The SMILES string of the molecule is O=C1CCC(=O)N1CCCn1c2ccccc2c2nc3ccccc3nc21. The highest BCUT2D eigenvalue weighted by Crippen LogP contribution is 2.28. The van der Waals surface area contributed by atoms with Gasteiger partial charge in [0, 0.05) is 31.3 Å². The van der Waals surface area contributed by atoms with E-state index in [2.05, 4.69) is 16.7 Å². The minimum Gasteiger partial charge on any atom is -0.324 e. The Kier molecular flexibility index (Phi) is 3.63. The van der Waals surface area contributed by atoms with Gasteiger partial charge in [-0.3, -0.25) is 14.5 Å². The second-order valence-corrected chi connectivity index (χ2v) is 6.85. The van der Waals surface area contributed by atoms with E-state index < -0.39 is 0 Å². The highest BCUT2D eigenvalue weighted by atomic mass is 16.2. The summed E-state index contributed by atoms with van der Waals surface area (Å²) in [4.78, 5) is 34.7. The van der Waals surface area contributed by atoms with Gasteiger partial charge >= 0.3 is 0 Å². The first kappa shape index (κ1) is 15.9. The van der Waals surface area contributed by atoms with E-state index in [4.69, 9.17) is 9.97 Å². The Labute approximate surface area is 155 Å². The third kappa shape index (κ3) is 2.56. The molecule has 0 N–H and O–H groups in total. The monoisotopic (exact) mass is 358 g/mol. The number of benzene rings is 2. The fourth-order valence-electron chi connectivity index (χ4n) is 3.87. The van der Waals surface area contributed by atoms with Crippen molar-refractivity contribution in [2.45, 2.75) is 25.8 Å². The highest BCUT2D eigenvalue weighted by Gasteiger charge is 2.28. The van der Waals surface area contributed by atoms with Gasteiger partial charge in [-0.25, -0.2) is 9.97 Å². The van der Waals surface area contributed by atoms with Crippen molar-refractivity contribution in [2.75, 3.05) is 6.54 Å². The lowest BCUT2D eigenvalue weighted by Crippen LogP contribution is -2.30. The van der Waals surface area contributed by atoms with Gasteiger partial charge in [0.15, 0.2) is 5.65 Å². The minimum atomic E-state index is -0.0620. The molecule has 0 unspecified atom stereocenters. The maximum atomic E-state index is 11.8. The molecule has 5 rings (SSSR count). The van der Waals surface area contributed by atoms with Crippen molar-refractivity contribution in [1.82, 2.24) is 19.4 Å². The third-order valence-corrected chi connectivity index (χ3v) is 5.18. The normalized spacial score (nSPS) is 14.9. The number of hydrogen-bond donors (Lipinski definition) is 0. The van der Waals surface area contributed by atoms with E-state index >= 15 is 0 Å². The number of fused-ring (bicyclic) bond motifs is 4. The van der Waals surface area contributed by atoms with Gasteiger partial charge in [0.25, 0.3) is 0 Å². The van der Waals surface area contributed by atoms with E-state index in [1.165, 1.54) is 4.90 Å². The van der Waals surface area contributed by atoms with Crippen LogP contribution in [-0.2, 0) is 16.1 Å². The van der Waals surface area contributed by atoms with Crippen LogP contribution in [0, 0.1) is 0 Å². The average molecular weight is 358 g/mol. The van der Waals surface area contributed by atoms with Crippen LogP contribution in [0.2, 0.25) is 0 Å². The number of hydrogen-bond acceptors (Lipinski definition) is 4. The summed E-state index contributed by atoms with van der Waals surface area (Å²) in [5.74, 6) is -0.124. The predicted molar refractivity (Wildman–Crippen MR) is 103 cm³/mol.